The SMILES string of the molecule is Cc1cccc(N2C(=O)CSC23C(=O)Nc2ccc(Br)cc23)c1. The average molecular weight is 389 g/mol. The molecule has 6 heteroatoms. The number of aryl methyl sites for hydroxylation is 1. The summed E-state index contributed by atoms with van der Waals surface area (Å²) in [6, 6.07) is 13.4. The van der Waals surface area contributed by atoms with Crippen molar-refractivity contribution in [2.24, 2.45) is 0 Å². The molecule has 1 fully saturated rings. The largest absolute Gasteiger partial charge is 0.323 e. The average Bonchev–Trinajstić information content (AvgIpc) is 2.99. The first kappa shape index (κ1) is 14.8. The highest BCUT2D eigenvalue weighted by Crippen LogP contribution is 2.54. The number of fused-ring (bicyclic) bond motifs is 2. The first-order valence-electron chi connectivity index (χ1n) is 7.17. The topological polar surface area (TPSA) is 49.4 Å². The molecule has 1 N–H and O–H groups in total. The third-order valence-corrected chi connectivity index (χ3v) is 6.02. The zero-order valence-corrected chi connectivity index (χ0v) is 14.7. The van der Waals surface area contributed by atoms with Crippen LogP contribution < -0.4 is 10.2 Å². The molecule has 2 amide bonds. The summed E-state index contributed by atoms with van der Waals surface area (Å²) in [5.74, 6) is 0.0689. The van der Waals surface area contributed by atoms with Crippen LogP contribution in [0.5, 0.6) is 0 Å². The molecular formula is C17H13BrN2O2S. The van der Waals surface area contributed by atoms with E-state index in [-0.39, 0.29) is 17.6 Å². The predicted octanol–water partition coefficient (Wildman–Crippen LogP) is 3.64. The molecule has 0 saturated carbocycles. The Morgan fingerprint density at radius 2 is 2.04 bits per heavy atom. The number of nitrogens with one attached hydrogen (secondary N) is 1. The lowest BCUT2D eigenvalue weighted by Crippen LogP contribution is -2.47. The van der Waals surface area contributed by atoms with Crippen molar-refractivity contribution in [3.8, 4) is 0 Å². The molecule has 1 spiro atoms. The van der Waals surface area contributed by atoms with E-state index < -0.39 is 4.87 Å². The Morgan fingerprint density at radius 3 is 2.83 bits per heavy atom. The van der Waals surface area contributed by atoms with Crippen LogP contribution in [-0.4, -0.2) is 17.6 Å². The maximum atomic E-state index is 12.8. The normalized spacial score (nSPS) is 22.6. The van der Waals surface area contributed by atoms with E-state index in [1.165, 1.54) is 11.8 Å². The van der Waals surface area contributed by atoms with Crippen LogP contribution in [0.15, 0.2) is 46.9 Å². The molecule has 4 rings (SSSR count). The number of nitrogens with zero attached hydrogens (tertiary/aromatic N) is 1. The van der Waals surface area contributed by atoms with Crippen LogP contribution >= 0.6 is 27.7 Å². The van der Waals surface area contributed by atoms with E-state index in [4.69, 9.17) is 0 Å². The molecule has 23 heavy (non-hydrogen) atoms. The highest BCUT2D eigenvalue weighted by Gasteiger charge is 2.58. The summed E-state index contributed by atoms with van der Waals surface area (Å²) in [5, 5.41) is 2.92. The number of carbonyl (C=O) groups excluding carboxylic acids is 2. The smallest absolute Gasteiger partial charge is 0.266 e. The van der Waals surface area contributed by atoms with Gasteiger partial charge in [0.05, 0.1) is 5.75 Å². The van der Waals surface area contributed by atoms with Crippen molar-refractivity contribution in [3.05, 3.63) is 58.1 Å². The summed E-state index contributed by atoms with van der Waals surface area (Å²) in [6.45, 7) is 1.98. The second kappa shape index (κ2) is 5.11. The van der Waals surface area contributed by atoms with Gasteiger partial charge < -0.3 is 5.32 Å². The maximum Gasteiger partial charge on any atom is 0.266 e. The molecule has 1 atom stereocenters. The Kier molecular flexibility index (Phi) is 3.28. The summed E-state index contributed by atoms with van der Waals surface area (Å²) in [6.07, 6.45) is 0. The number of amides is 2. The quantitative estimate of drug-likeness (QED) is 0.810. The van der Waals surface area contributed by atoms with Gasteiger partial charge in [0, 0.05) is 21.4 Å². The predicted molar refractivity (Wildman–Crippen MR) is 95.6 cm³/mol. The second-order valence-electron chi connectivity index (χ2n) is 5.64. The van der Waals surface area contributed by atoms with Gasteiger partial charge in [-0.2, -0.15) is 0 Å². The Hall–Kier alpha value is -1.79. The number of halogens is 1. The number of anilines is 2. The molecule has 0 bridgehead atoms. The van der Waals surface area contributed by atoms with Crippen molar-refractivity contribution in [1.82, 2.24) is 0 Å². The van der Waals surface area contributed by atoms with Crippen LogP contribution in [0.3, 0.4) is 0 Å². The molecule has 0 aliphatic carbocycles. The molecule has 2 aromatic rings. The van der Waals surface area contributed by atoms with Crippen molar-refractivity contribution in [1.29, 1.82) is 0 Å². The molecule has 2 aromatic carbocycles. The molecular weight excluding hydrogens is 376 g/mol. The van der Waals surface area contributed by atoms with Crippen molar-refractivity contribution in [2.75, 3.05) is 16.0 Å². The summed E-state index contributed by atoms with van der Waals surface area (Å²) < 4.78 is 0.885. The summed E-state index contributed by atoms with van der Waals surface area (Å²) in [4.78, 5) is 26.1. The van der Waals surface area contributed by atoms with E-state index in [0.717, 1.165) is 27.0 Å². The molecule has 1 saturated heterocycles. The van der Waals surface area contributed by atoms with Crippen LogP contribution in [0.1, 0.15) is 11.1 Å². The lowest BCUT2D eigenvalue weighted by atomic mass is 10.0. The molecule has 0 radical (unpaired) electrons. The molecule has 2 aliphatic rings. The molecule has 1 unspecified atom stereocenters. The lowest BCUT2D eigenvalue weighted by Gasteiger charge is -2.32. The molecule has 2 aliphatic heterocycles. The van der Waals surface area contributed by atoms with E-state index >= 15 is 0 Å². The standard InChI is InChI=1S/C17H13BrN2O2S/c1-10-3-2-4-12(7-10)20-15(21)9-23-17(20)13-8-11(18)5-6-14(13)19-16(17)22/h2-8H,9H2,1H3,(H,19,22). The number of rotatable bonds is 1. The van der Waals surface area contributed by atoms with Crippen molar-refractivity contribution < 1.29 is 9.59 Å². The van der Waals surface area contributed by atoms with Gasteiger partial charge in [0.15, 0.2) is 0 Å². The van der Waals surface area contributed by atoms with Gasteiger partial charge in [0.1, 0.15) is 0 Å². The molecule has 4 nitrogen and oxygen atoms in total. The van der Waals surface area contributed by atoms with Gasteiger partial charge in [-0.05, 0) is 42.8 Å². The highest BCUT2D eigenvalue weighted by atomic mass is 79.9. The molecule has 0 aromatic heterocycles. The van der Waals surface area contributed by atoms with Crippen molar-refractivity contribution >= 4 is 50.9 Å². The van der Waals surface area contributed by atoms with Gasteiger partial charge in [-0.15, -0.1) is 11.8 Å². The van der Waals surface area contributed by atoms with Gasteiger partial charge in [-0.3, -0.25) is 14.5 Å². The van der Waals surface area contributed by atoms with Crippen LogP contribution in [-0.2, 0) is 14.5 Å². The van der Waals surface area contributed by atoms with Gasteiger partial charge in [-0.25, -0.2) is 0 Å². The fourth-order valence-corrected chi connectivity index (χ4v) is 4.83. The van der Waals surface area contributed by atoms with Gasteiger partial charge in [0.25, 0.3) is 5.91 Å². The summed E-state index contributed by atoms with van der Waals surface area (Å²) >= 11 is 4.84. The molecule has 116 valence electrons. The minimum atomic E-state index is -1.02. The summed E-state index contributed by atoms with van der Waals surface area (Å²) in [7, 11) is 0. The van der Waals surface area contributed by atoms with E-state index in [9.17, 15) is 9.59 Å². The van der Waals surface area contributed by atoms with Gasteiger partial charge in [-0.1, -0.05) is 28.1 Å². The van der Waals surface area contributed by atoms with Crippen LogP contribution in [0.2, 0.25) is 0 Å². The Morgan fingerprint density at radius 1 is 1.22 bits per heavy atom. The van der Waals surface area contributed by atoms with E-state index in [2.05, 4.69) is 21.2 Å². The summed E-state index contributed by atoms with van der Waals surface area (Å²) in [5.41, 5.74) is 3.39. The lowest BCUT2D eigenvalue weighted by molar-refractivity contribution is -0.122. The van der Waals surface area contributed by atoms with E-state index in [1.807, 2.05) is 49.4 Å². The maximum absolute atomic E-state index is 12.8. The first-order valence-corrected chi connectivity index (χ1v) is 8.95. The van der Waals surface area contributed by atoms with Crippen LogP contribution in [0.25, 0.3) is 0 Å². The Balaban J connectivity index is 1.95. The zero-order chi connectivity index (χ0) is 16.2. The highest BCUT2D eigenvalue weighted by molar-refractivity contribution is 9.10. The number of hydrogen-bond donors (Lipinski definition) is 1. The van der Waals surface area contributed by atoms with Crippen LogP contribution in [0.4, 0.5) is 11.4 Å². The third-order valence-electron chi connectivity index (χ3n) is 4.13. The fraction of sp³-hybridized carbons (Fsp3) is 0.176. The van der Waals surface area contributed by atoms with Gasteiger partial charge >= 0.3 is 0 Å². The van der Waals surface area contributed by atoms with Crippen LogP contribution in [0, 0.1) is 6.92 Å². The first-order chi connectivity index (χ1) is 11.0. The number of benzene rings is 2. The zero-order valence-electron chi connectivity index (χ0n) is 12.3. The van der Waals surface area contributed by atoms with E-state index in [1.54, 1.807) is 4.90 Å². The number of carbonyl (C=O) groups is 2. The van der Waals surface area contributed by atoms with Crippen molar-refractivity contribution in [3.63, 3.8) is 0 Å². The minimum Gasteiger partial charge on any atom is -0.323 e. The second-order valence-corrected chi connectivity index (χ2v) is 7.73. The Bertz CT molecular complexity index is 854. The number of thioether (sulfide) groups is 1. The van der Waals surface area contributed by atoms with E-state index in [0.29, 0.717) is 0 Å². The fourth-order valence-electron chi connectivity index (χ4n) is 3.16. The molecule has 2 heterocycles. The Labute approximate surface area is 146 Å². The van der Waals surface area contributed by atoms with Gasteiger partial charge in [0.2, 0.25) is 10.8 Å². The third kappa shape index (κ3) is 2.05. The number of hydrogen-bond acceptors (Lipinski definition) is 3. The monoisotopic (exact) mass is 388 g/mol. The van der Waals surface area contributed by atoms with Crippen molar-refractivity contribution in [2.45, 2.75) is 11.8 Å². The minimum absolute atomic E-state index is 0.0522.